The number of nitrogens with zero attached hydrogens (tertiary/aromatic N) is 4. The normalized spacial score (nSPS) is 15.0. The topological polar surface area (TPSA) is 43.6 Å². The SMILES string of the molecule is Cc1c(-c2nnc(C(C)(C)C3CCCCC3)s2)nn(-c2ccc(Cl)cc2Cl)c1-c1ccc(Cl)cc1. The molecule has 35 heavy (non-hydrogen) atoms. The van der Waals surface area contributed by atoms with Crippen LogP contribution in [-0.2, 0) is 5.41 Å². The van der Waals surface area contributed by atoms with Crippen LogP contribution >= 0.6 is 46.1 Å². The standard InChI is InChI=1S/C27H27Cl3N4S/c1-16-23(25-31-32-26(35-25)27(2,3)18-7-5-4-6-8-18)33-34(22-14-13-20(29)15-21(22)30)24(16)17-9-11-19(28)12-10-17/h9-15,18H,4-8H2,1-3H3. The molecule has 0 atom stereocenters. The molecule has 0 N–H and O–H groups in total. The Balaban J connectivity index is 1.62. The molecule has 4 aromatic rings. The van der Waals surface area contributed by atoms with E-state index in [-0.39, 0.29) is 5.41 Å². The van der Waals surface area contributed by atoms with Gasteiger partial charge in [-0.25, -0.2) is 4.68 Å². The fourth-order valence-corrected chi connectivity index (χ4v) is 6.73. The van der Waals surface area contributed by atoms with E-state index >= 15 is 0 Å². The summed E-state index contributed by atoms with van der Waals surface area (Å²) in [5, 5.41) is 18.0. The number of rotatable bonds is 5. The summed E-state index contributed by atoms with van der Waals surface area (Å²) in [7, 11) is 0. The van der Waals surface area contributed by atoms with Crippen molar-refractivity contribution in [2.24, 2.45) is 5.92 Å². The summed E-state index contributed by atoms with van der Waals surface area (Å²) in [6, 6.07) is 13.2. The van der Waals surface area contributed by atoms with Gasteiger partial charge in [0.15, 0.2) is 5.01 Å². The Morgan fingerprint density at radius 3 is 2.29 bits per heavy atom. The predicted molar refractivity (Wildman–Crippen MR) is 147 cm³/mol. The number of aromatic nitrogens is 4. The lowest BCUT2D eigenvalue weighted by Crippen LogP contribution is -2.30. The zero-order valence-electron chi connectivity index (χ0n) is 20.0. The summed E-state index contributed by atoms with van der Waals surface area (Å²) in [6.07, 6.45) is 6.45. The van der Waals surface area contributed by atoms with E-state index in [2.05, 4.69) is 31.0 Å². The van der Waals surface area contributed by atoms with Gasteiger partial charge in [-0.15, -0.1) is 10.2 Å². The third kappa shape index (κ3) is 4.76. The van der Waals surface area contributed by atoms with E-state index in [1.54, 1.807) is 17.4 Å². The molecule has 4 nitrogen and oxygen atoms in total. The summed E-state index contributed by atoms with van der Waals surface area (Å²) >= 11 is 20.6. The van der Waals surface area contributed by atoms with Gasteiger partial charge in [0.25, 0.3) is 0 Å². The van der Waals surface area contributed by atoms with Gasteiger partial charge < -0.3 is 0 Å². The second kappa shape index (κ2) is 9.85. The predicted octanol–water partition coefficient (Wildman–Crippen LogP) is 9.18. The van der Waals surface area contributed by atoms with Crippen LogP contribution in [-0.4, -0.2) is 20.0 Å². The Labute approximate surface area is 225 Å². The zero-order chi connectivity index (χ0) is 24.7. The Bertz CT molecular complexity index is 1350. The molecule has 0 spiro atoms. The summed E-state index contributed by atoms with van der Waals surface area (Å²) in [4.78, 5) is 0. The smallest absolute Gasteiger partial charge is 0.168 e. The van der Waals surface area contributed by atoms with Crippen LogP contribution in [0.25, 0.3) is 27.6 Å². The highest BCUT2D eigenvalue weighted by Crippen LogP contribution is 2.44. The molecule has 0 radical (unpaired) electrons. The summed E-state index contributed by atoms with van der Waals surface area (Å²) in [6.45, 7) is 6.69. The molecule has 0 saturated heterocycles. The maximum atomic E-state index is 6.61. The molecule has 0 unspecified atom stereocenters. The number of halogens is 3. The Kier molecular flexibility index (Phi) is 6.97. The van der Waals surface area contributed by atoms with Crippen molar-refractivity contribution in [1.29, 1.82) is 0 Å². The van der Waals surface area contributed by atoms with E-state index in [0.29, 0.717) is 21.0 Å². The van der Waals surface area contributed by atoms with Gasteiger partial charge in [0.05, 0.1) is 16.4 Å². The fourth-order valence-electron chi connectivity index (χ4n) is 5.05. The van der Waals surface area contributed by atoms with Crippen LogP contribution in [0.5, 0.6) is 0 Å². The number of hydrogen-bond acceptors (Lipinski definition) is 4. The first-order chi connectivity index (χ1) is 16.8. The zero-order valence-corrected chi connectivity index (χ0v) is 23.1. The quantitative estimate of drug-likeness (QED) is 0.251. The summed E-state index contributed by atoms with van der Waals surface area (Å²) in [5.74, 6) is 0.633. The molecule has 1 saturated carbocycles. The lowest BCUT2D eigenvalue weighted by atomic mass is 9.71. The van der Waals surface area contributed by atoms with E-state index in [0.717, 1.165) is 38.2 Å². The van der Waals surface area contributed by atoms with Gasteiger partial charge in [-0.05, 0) is 56.0 Å². The van der Waals surface area contributed by atoms with Crippen LogP contribution in [0.3, 0.4) is 0 Å². The minimum Gasteiger partial charge on any atom is -0.231 e. The number of benzene rings is 2. The number of hydrogen-bond donors (Lipinski definition) is 0. The lowest BCUT2D eigenvalue weighted by Gasteiger charge is -2.35. The Morgan fingerprint density at radius 2 is 1.60 bits per heavy atom. The van der Waals surface area contributed by atoms with Crippen LogP contribution in [0.1, 0.15) is 56.5 Å². The van der Waals surface area contributed by atoms with Crippen molar-refractivity contribution in [2.75, 3.05) is 0 Å². The third-order valence-corrected chi connectivity index (χ3v) is 9.24. The maximum absolute atomic E-state index is 6.61. The molecule has 1 fully saturated rings. The van der Waals surface area contributed by atoms with Gasteiger partial charge in [-0.3, -0.25) is 0 Å². The van der Waals surface area contributed by atoms with Gasteiger partial charge in [0.1, 0.15) is 10.7 Å². The monoisotopic (exact) mass is 544 g/mol. The molecular formula is C27H27Cl3N4S. The van der Waals surface area contributed by atoms with E-state index in [4.69, 9.17) is 39.9 Å². The minimum absolute atomic E-state index is 0.00863. The lowest BCUT2D eigenvalue weighted by molar-refractivity contribution is 0.234. The van der Waals surface area contributed by atoms with E-state index in [9.17, 15) is 0 Å². The molecule has 8 heteroatoms. The molecule has 0 amide bonds. The van der Waals surface area contributed by atoms with Crippen molar-refractivity contribution in [1.82, 2.24) is 20.0 Å². The molecular weight excluding hydrogens is 519 g/mol. The first-order valence-corrected chi connectivity index (χ1v) is 13.9. The molecule has 2 heterocycles. The Hall–Kier alpha value is -1.92. The van der Waals surface area contributed by atoms with Crippen molar-refractivity contribution in [2.45, 2.75) is 58.3 Å². The molecule has 182 valence electrons. The van der Waals surface area contributed by atoms with Gasteiger partial charge in [0.2, 0.25) is 0 Å². The van der Waals surface area contributed by atoms with Crippen molar-refractivity contribution < 1.29 is 0 Å². The molecule has 1 aliphatic carbocycles. The average molecular weight is 546 g/mol. The van der Waals surface area contributed by atoms with Crippen molar-refractivity contribution >= 4 is 46.1 Å². The highest BCUT2D eigenvalue weighted by atomic mass is 35.5. The van der Waals surface area contributed by atoms with Crippen molar-refractivity contribution in [3.05, 3.63) is 68.1 Å². The van der Waals surface area contributed by atoms with Gasteiger partial charge in [-0.1, -0.05) is 91.4 Å². The third-order valence-electron chi connectivity index (χ3n) is 7.18. The van der Waals surface area contributed by atoms with Gasteiger partial charge in [-0.2, -0.15) is 5.10 Å². The largest absolute Gasteiger partial charge is 0.231 e. The van der Waals surface area contributed by atoms with E-state index in [1.807, 2.05) is 41.1 Å². The van der Waals surface area contributed by atoms with Crippen LogP contribution in [0, 0.1) is 12.8 Å². The molecule has 0 bridgehead atoms. The van der Waals surface area contributed by atoms with E-state index in [1.165, 1.54) is 32.1 Å². The second-order valence-electron chi connectivity index (χ2n) is 9.81. The summed E-state index contributed by atoms with van der Waals surface area (Å²) < 4.78 is 1.87. The van der Waals surface area contributed by atoms with Gasteiger partial charge >= 0.3 is 0 Å². The Morgan fingerprint density at radius 1 is 0.914 bits per heavy atom. The van der Waals surface area contributed by atoms with Crippen molar-refractivity contribution in [3.63, 3.8) is 0 Å². The van der Waals surface area contributed by atoms with Crippen molar-refractivity contribution in [3.8, 4) is 27.6 Å². The first kappa shape index (κ1) is 24.8. The molecule has 5 rings (SSSR count). The minimum atomic E-state index is -0.00863. The van der Waals surface area contributed by atoms with E-state index < -0.39 is 0 Å². The fraction of sp³-hybridized carbons (Fsp3) is 0.370. The summed E-state index contributed by atoms with van der Waals surface area (Å²) in [5.41, 5.74) is 4.49. The van der Waals surface area contributed by atoms with Crippen LogP contribution in [0.2, 0.25) is 15.1 Å². The van der Waals surface area contributed by atoms with Gasteiger partial charge in [0, 0.05) is 26.6 Å². The average Bonchev–Trinajstić information content (AvgIpc) is 3.46. The highest BCUT2D eigenvalue weighted by Gasteiger charge is 2.36. The molecule has 0 aliphatic heterocycles. The van der Waals surface area contributed by atoms with Crippen LogP contribution in [0.4, 0.5) is 0 Å². The first-order valence-electron chi connectivity index (χ1n) is 11.9. The second-order valence-corrected chi connectivity index (χ2v) is 12.1. The van der Waals surface area contributed by atoms with Crippen LogP contribution in [0.15, 0.2) is 42.5 Å². The molecule has 1 aliphatic rings. The maximum Gasteiger partial charge on any atom is 0.168 e. The van der Waals surface area contributed by atoms with Crippen LogP contribution < -0.4 is 0 Å². The highest BCUT2D eigenvalue weighted by molar-refractivity contribution is 7.14. The molecule has 2 aromatic heterocycles. The molecule has 2 aromatic carbocycles.